The van der Waals surface area contributed by atoms with Crippen molar-refractivity contribution in [2.45, 2.75) is 32.3 Å². The molecule has 6 heteroatoms. The Labute approximate surface area is 134 Å². The van der Waals surface area contributed by atoms with Crippen molar-refractivity contribution in [1.29, 1.82) is 0 Å². The standard InChI is InChI=1S/C16H31N3O3/c1-16(12-21-13-16)11-18-15(17-2)19-7-5-14(6-8-19)22-10-4-9-20-3/h14H,4-13H2,1-3H3,(H,17,18). The van der Waals surface area contributed by atoms with Crippen LogP contribution in [0.2, 0.25) is 0 Å². The molecular weight excluding hydrogens is 282 g/mol. The third-order valence-corrected chi connectivity index (χ3v) is 4.37. The summed E-state index contributed by atoms with van der Waals surface area (Å²) in [7, 11) is 3.59. The summed E-state index contributed by atoms with van der Waals surface area (Å²) in [5.41, 5.74) is 0.263. The molecule has 0 aromatic rings. The lowest BCUT2D eigenvalue weighted by Crippen LogP contribution is -2.53. The predicted octanol–water partition coefficient (Wildman–Crippen LogP) is 1.12. The molecule has 0 atom stereocenters. The third kappa shape index (κ3) is 5.11. The number of nitrogens with one attached hydrogen (secondary N) is 1. The van der Waals surface area contributed by atoms with E-state index in [1.165, 1.54) is 0 Å². The molecule has 0 aromatic heterocycles. The monoisotopic (exact) mass is 313 g/mol. The van der Waals surface area contributed by atoms with E-state index in [0.29, 0.717) is 6.10 Å². The number of nitrogens with zero attached hydrogens (tertiary/aromatic N) is 2. The molecule has 2 heterocycles. The molecule has 2 fully saturated rings. The molecule has 22 heavy (non-hydrogen) atoms. The average Bonchev–Trinajstić information content (AvgIpc) is 2.51. The quantitative estimate of drug-likeness (QED) is 0.434. The van der Waals surface area contributed by atoms with Crippen molar-refractivity contribution in [2.24, 2.45) is 10.4 Å². The molecule has 2 aliphatic rings. The number of ether oxygens (including phenoxy) is 3. The lowest BCUT2D eigenvalue weighted by Gasteiger charge is -2.40. The van der Waals surface area contributed by atoms with Crippen LogP contribution in [-0.2, 0) is 14.2 Å². The number of hydrogen-bond acceptors (Lipinski definition) is 4. The van der Waals surface area contributed by atoms with Crippen molar-refractivity contribution < 1.29 is 14.2 Å². The topological polar surface area (TPSA) is 55.3 Å². The summed E-state index contributed by atoms with van der Waals surface area (Å²) in [6.45, 7) is 8.43. The van der Waals surface area contributed by atoms with Crippen LogP contribution in [0.1, 0.15) is 26.2 Å². The highest BCUT2D eigenvalue weighted by Crippen LogP contribution is 2.25. The molecule has 0 bridgehead atoms. The Balaban J connectivity index is 1.65. The minimum atomic E-state index is 0.263. The van der Waals surface area contributed by atoms with Crippen molar-refractivity contribution in [1.82, 2.24) is 10.2 Å². The Morgan fingerprint density at radius 1 is 1.32 bits per heavy atom. The lowest BCUT2D eigenvalue weighted by atomic mass is 9.89. The first-order chi connectivity index (χ1) is 10.7. The van der Waals surface area contributed by atoms with E-state index < -0.39 is 0 Å². The molecule has 0 saturated carbocycles. The summed E-state index contributed by atoms with van der Waals surface area (Å²) in [4.78, 5) is 6.75. The summed E-state index contributed by atoms with van der Waals surface area (Å²) >= 11 is 0. The van der Waals surface area contributed by atoms with E-state index in [0.717, 1.165) is 71.3 Å². The van der Waals surface area contributed by atoms with Crippen molar-refractivity contribution in [2.75, 3.05) is 60.2 Å². The van der Waals surface area contributed by atoms with Crippen LogP contribution in [0.3, 0.4) is 0 Å². The van der Waals surface area contributed by atoms with Gasteiger partial charge in [-0.2, -0.15) is 0 Å². The first-order valence-corrected chi connectivity index (χ1v) is 8.31. The molecule has 1 N–H and O–H groups in total. The van der Waals surface area contributed by atoms with Gasteiger partial charge in [-0.1, -0.05) is 6.92 Å². The van der Waals surface area contributed by atoms with E-state index in [-0.39, 0.29) is 5.41 Å². The van der Waals surface area contributed by atoms with Crippen LogP contribution < -0.4 is 5.32 Å². The Morgan fingerprint density at radius 2 is 2.05 bits per heavy atom. The van der Waals surface area contributed by atoms with Crippen LogP contribution in [0.15, 0.2) is 4.99 Å². The fourth-order valence-corrected chi connectivity index (χ4v) is 2.86. The molecule has 0 spiro atoms. The van der Waals surface area contributed by atoms with Gasteiger partial charge >= 0.3 is 0 Å². The van der Waals surface area contributed by atoms with E-state index in [2.05, 4.69) is 22.1 Å². The minimum absolute atomic E-state index is 0.263. The average molecular weight is 313 g/mol. The van der Waals surface area contributed by atoms with E-state index in [1.54, 1.807) is 7.11 Å². The number of likely N-dealkylation sites (tertiary alicyclic amines) is 1. The summed E-state index contributed by atoms with van der Waals surface area (Å²) < 4.78 is 16.2. The maximum absolute atomic E-state index is 5.90. The van der Waals surface area contributed by atoms with Crippen molar-refractivity contribution in [3.8, 4) is 0 Å². The minimum Gasteiger partial charge on any atom is -0.385 e. The zero-order chi connectivity index (χ0) is 15.8. The third-order valence-electron chi connectivity index (χ3n) is 4.37. The molecule has 0 amide bonds. The van der Waals surface area contributed by atoms with Gasteiger partial charge in [0.1, 0.15) is 0 Å². The van der Waals surface area contributed by atoms with E-state index in [4.69, 9.17) is 14.2 Å². The Bertz CT molecular complexity index is 351. The van der Waals surface area contributed by atoms with Gasteiger partial charge in [-0.25, -0.2) is 0 Å². The van der Waals surface area contributed by atoms with Crippen LogP contribution in [0, 0.1) is 5.41 Å². The van der Waals surface area contributed by atoms with Gasteiger partial charge in [0.15, 0.2) is 5.96 Å². The van der Waals surface area contributed by atoms with Crippen LogP contribution in [0.5, 0.6) is 0 Å². The van der Waals surface area contributed by atoms with E-state index in [1.807, 2.05) is 7.05 Å². The Hall–Kier alpha value is -0.850. The van der Waals surface area contributed by atoms with Gasteiger partial charge in [0, 0.05) is 52.4 Å². The smallest absolute Gasteiger partial charge is 0.193 e. The number of piperidine rings is 1. The summed E-state index contributed by atoms with van der Waals surface area (Å²) in [5.74, 6) is 1.01. The number of methoxy groups -OCH3 is 1. The highest BCUT2D eigenvalue weighted by molar-refractivity contribution is 5.80. The highest BCUT2D eigenvalue weighted by atomic mass is 16.5. The molecule has 0 unspecified atom stereocenters. The zero-order valence-corrected chi connectivity index (χ0v) is 14.3. The number of hydrogen-bond donors (Lipinski definition) is 1. The van der Waals surface area contributed by atoms with E-state index in [9.17, 15) is 0 Å². The molecule has 2 aliphatic heterocycles. The van der Waals surface area contributed by atoms with Gasteiger partial charge in [-0.05, 0) is 19.3 Å². The molecule has 2 rings (SSSR count). The number of guanidine groups is 1. The van der Waals surface area contributed by atoms with Gasteiger partial charge in [-0.3, -0.25) is 4.99 Å². The first kappa shape index (κ1) is 17.5. The maximum atomic E-state index is 5.90. The van der Waals surface area contributed by atoms with Gasteiger partial charge < -0.3 is 24.4 Å². The molecule has 128 valence electrons. The first-order valence-electron chi connectivity index (χ1n) is 8.31. The molecule has 2 saturated heterocycles. The SMILES string of the molecule is CN=C(NCC1(C)COC1)N1CCC(OCCCOC)CC1. The summed E-state index contributed by atoms with van der Waals surface area (Å²) in [6.07, 6.45) is 3.48. The van der Waals surface area contributed by atoms with Gasteiger partial charge in [0.05, 0.1) is 19.3 Å². The van der Waals surface area contributed by atoms with Crippen molar-refractivity contribution in [3.63, 3.8) is 0 Å². The van der Waals surface area contributed by atoms with Gasteiger partial charge in [-0.15, -0.1) is 0 Å². The lowest BCUT2D eigenvalue weighted by molar-refractivity contribution is -0.0973. The van der Waals surface area contributed by atoms with Gasteiger partial charge in [0.25, 0.3) is 0 Å². The highest BCUT2D eigenvalue weighted by Gasteiger charge is 2.34. The van der Waals surface area contributed by atoms with E-state index >= 15 is 0 Å². The summed E-state index contributed by atoms with van der Waals surface area (Å²) in [5, 5.41) is 3.49. The molecular formula is C16H31N3O3. The Kier molecular flexibility index (Phi) is 6.92. The van der Waals surface area contributed by atoms with Crippen LogP contribution >= 0.6 is 0 Å². The molecule has 0 aromatic carbocycles. The second-order valence-electron chi connectivity index (χ2n) is 6.61. The zero-order valence-electron chi connectivity index (χ0n) is 14.3. The Morgan fingerprint density at radius 3 is 2.59 bits per heavy atom. The van der Waals surface area contributed by atoms with Crippen LogP contribution in [-0.4, -0.2) is 77.2 Å². The molecule has 0 aliphatic carbocycles. The summed E-state index contributed by atoms with van der Waals surface area (Å²) in [6, 6.07) is 0. The molecule has 0 radical (unpaired) electrons. The van der Waals surface area contributed by atoms with Crippen molar-refractivity contribution >= 4 is 5.96 Å². The van der Waals surface area contributed by atoms with Crippen molar-refractivity contribution in [3.05, 3.63) is 0 Å². The number of aliphatic imine (C=N–C) groups is 1. The normalized spacial score (nSPS) is 22.5. The predicted molar refractivity (Wildman–Crippen MR) is 87.3 cm³/mol. The fourth-order valence-electron chi connectivity index (χ4n) is 2.86. The molecule has 6 nitrogen and oxygen atoms in total. The van der Waals surface area contributed by atoms with Gasteiger partial charge in [0.2, 0.25) is 0 Å². The maximum Gasteiger partial charge on any atom is 0.193 e. The van der Waals surface area contributed by atoms with Crippen LogP contribution in [0.25, 0.3) is 0 Å². The van der Waals surface area contributed by atoms with Crippen LogP contribution in [0.4, 0.5) is 0 Å². The number of rotatable bonds is 7. The fraction of sp³-hybridized carbons (Fsp3) is 0.938. The largest absolute Gasteiger partial charge is 0.385 e. The second-order valence-corrected chi connectivity index (χ2v) is 6.61. The second kappa shape index (κ2) is 8.70.